The van der Waals surface area contributed by atoms with Gasteiger partial charge in [-0.15, -0.1) is 0 Å². The molecule has 1 fully saturated rings. The zero-order chi connectivity index (χ0) is 21.4. The fraction of sp³-hybridized carbons (Fsp3) is 0.591. The normalized spacial score (nSPS) is 25.5. The van der Waals surface area contributed by atoms with Gasteiger partial charge >= 0.3 is 12.1 Å². The number of rotatable bonds is 5. The Morgan fingerprint density at radius 3 is 2.59 bits per heavy atom. The van der Waals surface area contributed by atoms with Crippen LogP contribution in [-0.2, 0) is 14.3 Å². The summed E-state index contributed by atoms with van der Waals surface area (Å²) in [5.74, 6) is -1.90. The van der Waals surface area contributed by atoms with Gasteiger partial charge in [0.15, 0.2) is 0 Å². The van der Waals surface area contributed by atoms with Crippen molar-refractivity contribution in [1.82, 2.24) is 0 Å². The molecular formula is C22H30N2O5. The lowest BCUT2D eigenvalue weighted by atomic mass is 9.66. The van der Waals surface area contributed by atoms with E-state index in [0.29, 0.717) is 17.5 Å². The summed E-state index contributed by atoms with van der Waals surface area (Å²) in [4.78, 5) is 38.2. The molecule has 0 bridgehead atoms. The van der Waals surface area contributed by atoms with Gasteiger partial charge in [-0.25, -0.2) is 4.79 Å². The second-order valence-corrected chi connectivity index (χ2v) is 9.40. The summed E-state index contributed by atoms with van der Waals surface area (Å²) in [6, 6.07) is 7.04. The van der Waals surface area contributed by atoms with Crippen LogP contribution in [0.15, 0.2) is 24.3 Å². The topological polar surface area (TPSA) is 110 Å². The Balaban J connectivity index is 2.07. The van der Waals surface area contributed by atoms with E-state index in [4.69, 9.17) is 10.5 Å². The number of carboxylic acid groups (broad SMARTS) is 1. The van der Waals surface area contributed by atoms with Crippen LogP contribution in [0.2, 0.25) is 0 Å². The Bertz CT molecular complexity index is 803. The van der Waals surface area contributed by atoms with Gasteiger partial charge in [0.2, 0.25) is 0 Å². The van der Waals surface area contributed by atoms with Crippen LogP contribution in [0.3, 0.4) is 0 Å². The zero-order valence-electron chi connectivity index (χ0n) is 17.3. The van der Waals surface area contributed by atoms with Crippen molar-refractivity contribution in [3.8, 4) is 0 Å². The van der Waals surface area contributed by atoms with Crippen molar-refractivity contribution >= 4 is 24.0 Å². The minimum absolute atomic E-state index is 0.145. The lowest BCUT2D eigenvalue weighted by molar-refractivity contribution is -0.146. The first-order chi connectivity index (χ1) is 13.6. The summed E-state index contributed by atoms with van der Waals surface area (Å²) in [5.41, 5.74) is 5.80. The number of carbonyl (C=O) groups is 3. The summed E-state index contributed by atoms with van der Waals surface area (Å²) >= 11 is 0. The highest BCUT2D eigenvalue weighted by molar-refractivity contribution is 5.92. The van der Waals surface area contributed by atoms with Gasteiger partial charge in [-0.1, -0.05) is 45.4 Å². The SMILES string of the molecule is CC(C)(C)COC(=O)N1c2ccccc2C(C(N)(CC=O)C(=O)O)C2CCCC21. The molecule has 0 spiro atoms. The maximum Gasteiger partial charge on any atom is 0.414 e. The number of nitrogens with zero attached hydrogens (tertiary/aromatic N) is 1. The predicted octanol–water partition coefficient (Wildman–Crippen LogP) is 3.31. The summed E-state index contributed by atoms with van der Waals surface area (Å²) in [7, 11) is 0. The Kier molecular flexibility index (Phi) is 5.72. The first-order valence-electron chi connectivity index (χ1n) is 10.1. The van der Waals surface area contributed by atoms with Gasteiger partial charge in [0.05, 0.1) is 12.3 Å². The van der Waals surface area contributed by atoms with E-state index in [1.807, 2.05) is 39.0 Å². The molecular weight excluding hydrogens is 372 g/mol. The highest BCUT2D eigenvalue weighted by Crippen LogP contribution is 2.53. The van der Waals surface area contributed by atoms with Crippen molar-refractivity contribution in [2.45, 2.75) is 64.0 Å². The number of benzene rings is 1. The molecule has 158 valence electrons. The largest absolute Gasteiger partial charge is 0.480 e. The third-order valence-electron chi connectivity index (χ3n) is 6.02. The van der Waals surface area contributed by atoms with Crippen molar-refractivity contribution < 1.29 is 24.2 Å². The van der Waals surface area contributed by atoms with Crippen molar-refractivity contribution in [1.29, 1.82) is 0 Å². The fourth-order valence-corrected chi connectivity index (χ4v) is 4.78. The third kappa shape index (κ3) is 3.88. The molecule has 0 radical (unpaired) electrons. The van der Waals surface area contributed by atoms with Crippen LogP contribution in [-0.4, -0.2) is 41.6 Å². The Hall–Kier alpha value is -2.41. The molecule has 1 aromatic carbocycles. The first kappa shape index (κ1) is 21.3. The molecule has 1 aliphatic heterocycles. The molecule has 4 unspecified atom stereocenters. The van der Waals surface area contributed by atoms with Crippen LogP contribution in [0.25, 0.3) is 0 Å². The Morgan fingerprint density at radius 1 is 1.28 bits per heavy atom. The van der Waals surface area contributed by atoms with Gasteiger partial charge in [-0.2, -0.15) is 0 Å². The number of hydrogen-bond acceptors (Lipinski definition) is 5. The molecule has 3 N–H and O–H groups in total. The van der Waals surface area contributed by atoms with Gasteiger partial charge in [-0.3, -0.25) is 9.69 Å². The number of para-hydroxylation sites is 1. The summed E-state index contributed by atoms with van der Waals surface area (Å²) < 4.78 is 5.61. The standard InChI is InChI=1S/C22H30N2O5/c1-21(2,3)13-29-20(28)24-16-9-5-4-7-14(16)18(15-8-6-10-17(15)24)22(23,11-12-25)19(26)27/h4-5,7,9,12,15,17-18H,6,8,10-11,13,23H2,1-3H3,(H,26,27). The van der Waals surface area contributed by atoms with Gasteiger partial charge in [-0.05, 0) is 35.8 Å². The molecule has 1 aromatic rings. The van der Waals surface area contributed by atoms with E-state index in [0.717, 1.165) is 19.3 Å². The fourth-order valence-electron chi connectivity index (χ4n) is 4.78. The van der Waals surface area contributed by atoms with E-state index in [2.05, 4.69) is 0 Å². The molecule has 29 heavy (non-hydrogen) atoms. The smallest absolute Gasteiger partial charge is 0.414 e. The number of amides is 1. The lowest BCUT2D eigenvalue weighted by Crippen LogP contribution is -2.60. The Morgan fingerprint density at radius 2 is 1.97 bits per heavy atom. The average Bonchev–Trinajstić information content (AvgIpc) is 3.12. The molecule has 0 saturated heterocycles. The van der Waals surface area contributed by atoms with Crippen LogP contribution in [0.5, 0.6) is 0 Å². The molecule has 4 atom stereocenters. The van der Waals surface area contributed by atoms with E-state index >= 15 is 0 Å². The van der Waals surface area contributed by atoms with Gasteiger partial charge in [0.1, 0.15) is 11.8 Å². The van der Waals surface area contributed by atoms with Crippen molar-refractivity contribution in [2.24, 2.45) is 17.1 Å². The van der Waals surface area contributed by atoms with E-state index in [1.54, 1.807) is 11.0 Å². The number of aliphatic carboxylic acids is 1. The van der Waals surface area contributed by atoms with E-state index in [-0.39, 0.29) is 30.4 Å². The Labute approximate surface area is 171 Å². The number of carboxylic acids is 1. The van der Waals surface area contributed by atoms with Crippen molar-refractivity contribution in [3.05, 3.63) is 29.8 Å². The molecule has 0 aromatic heterocycles. The molecule has 1 saturated carbocycles. The number of anilines is 1. The summed E-state index contributed by atoms with van der Waals surface area (Å²) in [6.07, 6.45) is 2.23. The third-order valence-corrected chi connectivity index (χ3v) is 6.02. The summed E-state index contributed by atoms with van der Waals surface area (Å²) in [5, 5.41) is 9.92. The molecule has 1 aliphatic carbocycles. The number of aldehydes is 1. The van der Waals surface area contributed by atoms with Gasteiger partial charge in [0.25, 0.3) is 0 Å². The number of hydrogen-bond donors (Lipinski definition) is 2. The maximum absolute atomic E-state index is 13.1. The molecule has 1 heterocycles. The molecule has 2 aliphatic rings. The predicted molar refractivity (Wildman–Crippen MR) is 109 cm³/mol. The molecule has 7 nitrogen and oxygen atoms in total. The van der Waals surface area contributed by atoms with Gasteiger partial charge in [0, 0.05) is 18.4 Å². The van der Waals surface area contributed by atoms with Crippen LogP contribution in [0.1, 0.15) is 57.9 Å². The zero-order valence-corrected chi connectivity index (χ0v) is 17.3. The van der Waals surface area contributed by atoms with Gasteiger partial charge < -0.3 is 20.4 Å². The molecule has 7 heteroatoms. The molecule has 1 amide bonds. The quantitative estimate of drug-likeness (QED) is 0.731. The highest BCUT2D eigenvalue weighted by atomic mass is 16.6. The minimum atomic E-state index is -1.72. The lowest BCUT2D eigenvalue weighted by Gasteiger charge is -2.47. The van der Waals surface area contributed by atoms with Crippen molar-refractivity contribution in [3.63, 3.8) is 0 Å². The average molecular weight is 402 g/mol. The summed E-state index contributed by atoms with van der Waals surface area (Å²) in [6.45, 7) is 6.27. The van der Waals surface area contributed by atoms with E-state index in [9.17, 15) is 19.5 Å². The first-order valence-corrected chi connectivity index (χ1v) is 10.1. The number of carbonyl (C=O) groups excluding carboxylic acids is 2. The van der Waals surface area contributed by atoms with Crippen LogP contribution < -0.4 is 10.6 Å². The maximum atomic E-state index is 13.1. The number of ether oxygens (including phenoxy) is 1. The second-order valence-electron chi connectivity index (χ2n) is 9.40. The number of fused-ring (bicyclic) bond motifs is 2. The highest BCUT2D eigenvalue weighted by Gasteiger charge is 2.55. The van der Waals surface area contributed by atoms with Crippen LogP contribution in [0.4, 0.5) is 10.5 Å². The van der Waals surface area contributed by atoms with E-state index in [1.165, 1.54) is 0 Å². The van der Waals surface area contributed by atoms with E-state index < -0.39 is 23.5 Å². The van der Waals surface area contributed by atoms with Crippen LogP contribution >= 0.6 is 0 Å². The monoisotopic (exact) mass is 402 g/mol. The minimum Gasteiger partial charge on any atom is -0.480 e. The van der Waals surface area contributed by atoms with Crippen LogP contribution in [0, 0.1) is 11.3 Å². The van der Waals surface area contributed by atoms with Crippen molar-refractivity contribution in [2.75, 3.05) is 11.5 Å². The second kappa shape index (κ2) is 7.78. The number of nitrogens with two attached hydrogens (primary N) is 1. The molecule has 3 rings (SSSR count).